The fourth-order valence-corrected chi connectivity index (χ4v) is 1.71. The second-order valence-electron chi connectivity index (χ2n) is 4.87. The number of hydrogen-bond donors (Lipinski definition) is 0. The van der Waals surface area contributed by atoms with Crippen LogP contribution in [0.5, 0.6) is 0 Å². The van der Waals surface area contributed by atoms with Crippen molar-refractivity contribution in [3.8, 4) is 0 Å². The van der Waals surface area contributed by atoms with E-state index in [1.54, 1.807) is 0 Å². The van der Waals surface area contributed by atoms with Crippen molar-refractivity contribution in [2.45, 2.75) is 60.3 Å². The Morgan fingerprint density at radius 3 is 2.39 bits per heavy atom. The van der Waals surface area contributed by atoms with Gasteiger partial charge >= 0.3 is 0 Å². The molecule has 0 rings (SSSR count). The van der Waals surface area contributed by atoms with E-state index in [9.17, 15) is 4.79 Å². The van der Waals surface area contributed by atoms with Crippen molar-refractivity contribution in [3.63, 3.8) is 0 Å². The van der Waals surface area contributed by atoms with Crippen molar-refractivity contribution in [1.29, 1.82) is 0 Å². The predicted octanol–water partition coefficient (Wildman–Crippen LogP) is 5.24. The molecule has 0 saturated carbocycles. The lowest BCUT2D eigenvalue weighted by Crippen LogP contribution is -2.10. The lowest BCUT2D eigenvalue weighted by molar-refractivity contribution is -0.118. The number of hydrogen-bond acceptors (Lipinski definition) is 1. The van der Waals surface area contributed by atoms with Gasteiger partial charge in [-0.25, -0.2) is 0 Å². The highest BCUT2D eigenvalue weighted by Gasteiger charge is 2.11. The number of ketones is 1. The Morgan fingerprint density at radius 2 is 1.89 bits per heavy atom. The molecule has 1 atom stereocenters. The normalized spacial score (nSPS) is 15.2. The SMILES string of the molecule is C\C=C/C(=C\C=C(/C)C(=O)C(C)CC)CCCC. The van der Waals surface area contributed by atoms with Crippen LogP contribution in [0.25, 0.3) is 0 Å². The molecule has 0 N–H and O–H groups in total. The fraction of sp³-hybridized carbons (Fsp3) is 0.588. The van der Waals surface area contributed by atoms with Gasteiger partial charge in [-0.3, -0.25) is 4.79 Å². The van der Waals surface area contributed by atoms with Crippen molar-refractivity contribution < 1.29 is 4.79 Å². The van der Waals surface area contributed by atoms with E-state index < -0.39 is 0 Å². The standard InChI is InChI=1S/C17H28O/c1-6-9-11-16(10-7-2)13-12-15(5)17(18)14(4)8-3/h7,10,12-14H,6,8-9,11H2,1-5H3/b10-7-,15-12+,16-13+. The Bertz CT molecular complexity index is 332. The minimum atomic E-state index is 0.135. The smallest absolute Gasteiger partial charge is 0.161 e. The van der Waals surface area contributed by atoms with Crippen molar-refractivity contribution in [1.82, 2.24) is 0 Å². The number of allylic oxidation sites excluding steroid dienone is 6. The highest BCUT2D eigenvalue weighted by Crippen LogP contribution is 2.13. The van der Waals surface area contributed by atoms with Gasteiger partial charge in [-0.15, -0.1) is 0 Å². The average molecular weight is 248 g/mol. The molecule has 0 aromatic heterocycles. The van der Waals surface area contributed by atoms with Gasteiger partial charge in [0.1, 0.15) is 0 Å². The molecule has 1 unspecified atom stereocenters. The third-order valence-electron chi connectivity index (χ3n) is 3.20. The van der Waals surface area contributed by atoms with E-state index in [2.05, 4.69) is 32.1 Å². The first-order chi connectivity index (χ1) is 8.56. The largest absolute Gasteiger partial charge is 0.294 e. The highest BCUT2D eigenvalue weighted by molar-refractivity contribution is 5.96. The summed E-state index contributed by atoms with van der Waals surface area (Å²) in [7, 11) is 0. The van der Waals surface area contributed by atoms with Crippen molar-refractivity contribution in [3.05, 3.63) is 35.5 Å². The van der Waals surface area contributed by atoms with Crippen molar-refractivity contribution in [2.75, 3.05) is 0 Å². The van der Waals surface area contributed by atoms with Crippen LogP contribution in [0, 0.1) is 5.92 Å². The molecule has 0 aliphatic heterocycles. The minimum absolute atomic E-state index is 0.135. The monoisotopic (exact) mass is 248 g/mol. The molecule has 0 amide bonds. The van der Waals surface area contributed by atoms with Gasteiger partial charge in [-0.2, -0.15) is 0 Å². The van der Waals surface area contributed by atoms with Crippen LogP contribution in [0.2, 0.25) is 0 Å². The zero-order chi connectivity index (χ0) is 14.0. The molecule has 1 nitrogen and oxygen atoms in total. The fourth-order valence-electron chi connectivity index (χ4n) is 1.71. The van der Waals surface area contributed by atoms with Crippen LogP contribution in [0.15, 0.2) is 35.5 Å². The second-order valence-corrected chi connectivity index (χ2v) is 4.87. The Hall–Kier alpha value is -1.11. The highest BCUT2D eigenvalue weighted by atomic mass is 16.1. The van der Waals surface area contributed by atoms with Crippen LogP contribution < -0.4 is 0 Å². The summed E-state index contributed by atoms with van der Waals surface area (Å²) in [5.41, 5.74) is 2.17. The zero-order valence-corrected chi connectivity index (χ0v) is 12.6. The molecule has 102 valence electrons. The molecule has 0 bridgehead atoms. The molecule has 1 heteroatoms. The molecule has 0 heterocycles. The van der Waals surface area contributed by atoms with E-state index in [0.717, 1.165) is 18.4 Å². The predicted molar refractivity (Wildman–Crippen MR) is 80.6 cm³/mol. The lowest BCUT2D eigenvalue weighted by atomic mass is 9.97. The molecular formula is C17H28O. The summed E-state index contributed by atoms with van der Waals surface area (Å²) >= 11 is 0. The second kappa shape index (κ2) is 9.87. The van der Waals surface area contributed by atoms with Crippen LogP contribution in [0.4, 0.5) is 0 Å². The molecule has 0 aromatic rings. The maximum Gasteiger partial charge on any atom is 0.161 e. The van der Waals surface area contributed by atoms with Crippen LogP contribution >= 0.6 is 0 Å². The zero-order valence-electron chi connectivity index (χ0n) is 12.6. The Kier molecular flexibility index (Phi) is 9.26. The maximum atomic E-state index is 11.9. The molecule has 0 aromatic carbocycles. The third-order valence-corrected chi connectivity index (χ3v) is 3.20. The molecular weight excluding hydrogens is 220 g/mol. The Morgan fingerprint density at radius 1 is 1.22 bits per heavy atom. The summed E-state index contributed by atoms with van der Waals surface area (Å²) in [5.74, 6) is 0.402. The summed E-state index contributed by atoms with van der Waals surface area (Å²) in [5, 5.41) is 0. The van der Waals surface area contributed by atoms with Crippen molar-refractivity contribution >= 4 is 5.78 Å². The molecule has 18 heavy (non-hydrogen) atoms. The molecule has 0 aliphatic carbocycles. The molecule has 0 spiro atoms. The molecule has 0 fully saturated rings. The van der Waals surface area contributed by atoms with E-state index in [1.165, 1.54) is 18.4 Å². The first kappa shape index (κ1) is 16.9. The van der Waals surface area contributed by atoms with E-state index in [1.807, 2.05) is 26.8 Å². The maximum absolute atomic E-state index is 11.9. The third kappa shape index (κ3) is 6.58. The van der Waals surface area contributed by atoms with Gasteiger partial charge in [0.05, 0.1) is 0 Å². The van der Waals surface area contributed by atoms with E-state index in [4.69, 9.17) is 0 Å². The van der Waals surface area contributed by atoms with Gasteiger partial charge in [-0.1, -0.05) is 51.5 Å². The van der Waals surface area contributed by atoms with Crippen LogP contribution in [0.1, 0.15) is 60.3 Å². The van der Waals surface area contributed by atoms with Gasteiger partial charge in [-0.05, 0) is 44.3 Å². The summed E-state index contributed by atoms with van der Waals surface area (Å²) in [4.78, 5) is 11.9. The van der Waals surface area contributed by atoms with Crippen molar-refractivity contribution in [2.24, 2.45) is 5.92 Å². The van der Waals surface area contributed by atoms with E-state index in [-0.39, 0.29) is 11.7 Å². The first-order valence-electron chi connectivity index (χ1n) is 7.11. The number of rotatable bonds is 8. The van der Waals surface area contributed by atoms with Gasteiger partial charge in [0.25, 0.3) is 0 Å². The number of carbonyl (C=O) groups is 1. The summed E-state index contributed by atoms with van der Waals surface area (Å²) in [6.45, 7) is 10.2. The Balaban J connectivity index is 4.75. The molecule has 0 saturated heterocycles. The summed E-state index contributed by atoms with van der Waals surface area (Å²) in [6, 6.07) is 0. The summed E-state index contributed by atoms with van der Waals surface area (Å²) in [6.07, 6.45) is 12.6. The van der Waals surface area contributed by atoms with Crippen LogP contribution in [-0.4, -0.2) is 5.78 Å². The van der Waals surface area contributed by atoms with Gasteiger partial charge < -0.3 is 0 Å². The minimum Gasteiger partial charge on any atom is -0.294 e. The lowest BCUT2D eigenvalue weighted by Gasteiger charge is -2.07. The summed E-state index contributed by atoms with van der Waals surface area (Å²) < 4.78 is 0. The Labute approximate surface area is 113 Å². The van der Waals surface area contributed by atoms with Crippen LogP contribution in [0.3, 0.4) is 0 Å². The van der Waals surface area contributed by atoms with Gasteiger partial charge in [0, 0.05) is 5.92 Å². The molecule has 0 aliphatic rings. The molecule has 0 radical (unpaired) electrons. The number of carbonyl (C=O) groups excluding carboxylic acids is 1. The average Bonchev–Trinajstić information content (AvgIpc) is 2.39. The number of unbranched alkanes of at least 4 members (excludes halogenated alkanes) is 1. The number of Topliss-reactive ketones (excluding diaryl/α,β-unsaturated/α-hetero) is 1. The van der Waals surface area contributed by atoms with Crippen LogP contribution in [-0.2, 0) is 4.79 Å². The van der Waals surface area contributed by atoms with Gasteiger partial charge in [0.2, 0.25) is 0 Å². The first-order valence-corrected chi connectivity index (χ1v) is 7.11. The van der Waals surface area contributed by atoms with E-state index >= 15 is 0 Å². The topological polar surface area (TPSA) is 17.1 Å². The quantitative estimate of drug-likeness (QED) is 0.424. The van der Waals surface area contributed by atoms with Gasteiger partial charge in [0.15, 0.2) is 5.78 Å². The van der Waals surface area contributed by atoms with E-state index in [0.29, 0.717) is 0 Å².